The molecule has 1 heterocycles. The third kappa shape index (κ3) is 4.00. The maximum Gasteiger partial charge on any atom is 0.238 e. The summed E-state index contributed by atoms with van der Waals surface area (Å²) in [5, 5.41) is 6.06. The Morgan fingerprint density at radius 3 is 3.06 bits per heavy atom. The lowest BCUT2D eigenvalue weighted by molar-refractivity contribution is -0.115. The monoisotopic (exact) mass is 239 g/mol. The number of halogens is 1. The minimum Gasteiger partial charge on any atom is -0.324 e. The molecule has 0 saturated carbocycles. The summed E-state index contributed by atoms with van der Waals surface area (Å²) in [5.41, 5.74) is 1.48. The Balaban J connectivity index is 2.49. The quantitative estimate of drug-likeness (QED) is 0.468. The van der Waals surface area contributed by atoms with Gasteiger partial charge >= 0.3 is 0 Å². The molecule has 0 radical (unpaired) electrons. The highest BCUT2D eigenvalue weighted by Gasteiger charge is 2.03. The molecule has 0 aliphatic heterocycles. The van der Waals surface area contributed by atoms with Crippen molar-refractivity contribution < 1.29 is 4.79 Å². The summed E-state index contributed by atoms with van der Waals surface area (Å²) in [4.78, 5) is 15.4. The number of carbonyl (C=O) groups is 1. The van der Waals surface area contributed by atoms with Crippen LogP contribution in [0.3, 0.4) is 0 Å². The van der Waals surface area contributed by atoms with Crippen molar-refractivity contribution in [2.24, 2.45) is 0 Å². The van der Waals surface area contributed by atoms with E-state index in [-0.39, 0.29) is 12.5 Å². The Kier molecular flexibility index (Phi) is 4.95. The maximum absolute atomic E-state index is 11.4. The molecule has 0 bridgehead atoms. The lowest BCUT2D eigenvalue weighted by Gasteiger charge is -2.06. The van der Waals surface area contributed by atoms with Crippen LogP contribution in [0.15, 0.2) is 24.9 Å². The standard InChI is InChI=1S/C11H14ClN3O/c1-3-4-13-7-10(16)15-9-5-8(2)11(12)14-6-9/h3,5-6,13H,1,4,7H2,2H3,(H,15,16). The van der Waals surface area contributed by atoms with Crippen molar-refractivity contribution in [2.45, 2.75) is 6.92 Å². The normalized spacial score (nSPS) is 9.88. The predicted octanol–water partition coefficient (Wildman–Crippen LogP) is 1.76. The molecule has 1 aromatic heterocycles. The van der Waals surface area contributed by atoms with Gasteiger partial charge in [-0.15, -0.1) is 6.58 Å². The summed E-state index contributed by atoms with van der Waals surface area (Å²) in [6.45, 7) is 6.22. The molecule has 0 atom stereocenters. The second kappa shape index (κ2) is 6.25. The Hall–Kier alpha value is -1.39. The molecule has 2 N–H and O–H groups in total. The number of aromatic nitrogens is 1. The molecule has 0 spiro atoms. The van der Waals surface area contributed by atoms with E-state index in [2.05, 4.69) is 22.2 Å². The minimum absolute atomic E-state index is 0.120. The van der Waals surface area contributed by atoms with Crippen molar-refractivity contribution in [1.29, 1.82) is 0 Å². The number of anilines is 1. The van der Waals surface area contributed by atoms with Gasteiger partial charge in [-0.2, -0.15) is 0 Å². The average Bonchev–Trinajstić information content (AvgIpc) is 2.24. The largest absolute Gasteiger partial charge is 0.324 e. The number of aryl methyl sites for hydroxylation is 1. The van der Waals surface area contributed by atoms with E-state index in [1.807, 2.05) is 6.92 Å². The number of pyridine rings is 1. The number of carbonyl (C=O) groups excluding carboxylic acids is 1. The summed E-state index contributed by atoms with van der Waals surface area (Å²) in [6, 6.07) is 1.78. The highest BCUT2D eigenvalue weighted by Crippen LogP contribution is 2.15. The molecule has 86 valence electrons. The van der Waals surface area contributed by atoms with Crippen LogP contribution in [-0.4, -0.2) is 24.0 Å². The first-order valence-corrected chi connectivity index (χ1v) is 5.25. The molecule has 1 rings (SSSR count). The lowest BCUT2D eigenvalue weighted by atomic mass is 10.3. The zero-order chi connectivity index (χ0) is 12.0. The first kappa shape index (κ1) is 12.7. The molecule has 1 amide bonds. The van der Waals surface area contributed by atoms with Gasteiger partial charge in [-0.25, -0.2) is 4.98 Å². The van der Waals surface area contributed by atoms with Crippen LogP contribution in [-0.2, 0) is 4.79 Å². The zero-order valence-electron chi connectivity index (χ0n) is 9.09. The molecule has 0 fully saturated rings. The van der Waals surface area contributed by atoms with E-state index in [1.165, 1.54) is 6.20 Å². The van der Waals surface area contributed by atoms with Gasteiger partial charge in [0.1, 0.15) is 5.15 Å². The topological polar surface area (TPSA) is 54.0 Å². The lowest BCUT2D eigenvalue weighted by Crippen LogP contribution is -2.28. The fraction of sp³-hybridized carbons (Fsp3) is 0.273. The summed E-state index contributed by atoms with van der Waals surface area (Å²) < 4.78 is 0. The molecule has 16 heavy (non-hydrogen) atoms. The van der Waals surface area contributed by atoms with Gasteiger partial charge in [0.2, 0.25) is 5.91 Å². The van der Waals surface area contributed by atoms with Crippen molar-refractivity contribution in [1.82, 2.24) is 10.3 Å². The van der Waals surface area contributed by atoms with Gasteiger partial charge in [-0.05, 0) is 18.6 Å². The van der Waals surface area contributed by atoms with Crippen molar-refractivity contribution in [3.05, 3.63) is 35.6 Å². The SMILES string of the molecule is C=CCNCC(=O)Nc1cnc(Cl)c(C)c1. The predicted molar refractivity (Wildman–Crippen MR) is 65.7 cm³/mol. The molecule has 0 aliphatic carbocycles. The molecular weight excluding hydrogens is 226 g/mol. The van der Waals surface area contributed by atoms with Crippen molar-refractivity contribution in [3.63, 3.8) is 0 Å². The van der Waals surface area contributed by atoms with E-state index in [1.54, 1.807) is 12.1 Å². The van der Waals surface area contributed by atoms with Gasteiger partial charge in [-0.3, -0.25) is 4.79 Å². The van der Waals surface area contributed by atoms with Crippen LogP contribution in [0.1, 0.15) is 5.56 Å². The summed E-state index contributed by atoms with van der Waals surface area (Å²) >= 11 is 5.77. The fourth-order valence-electron chi connectivity index (χ4n) is 1.12. The van der Waals surface area contributed by atoms with Crippen molar-refractivity contribution in [2.75, 3.05) is 18.4 Å². The van der Waals surface area contributed by atoms with Crippen LogP contribution in [0.25, 0.3) is 0 Å². The second-order valence-electron chi connectivity index (χ2n) is 3.30. The number of nitrogens with one attached hydrogen (secondary N) is 2. The molecule has 0 saturated heterocycles. The number of nitrogens with zero attached hydrogens (tertiary/aromatic N) is 1. The molecule has 0 aromatic carbocycles. The van der Waals surface area contributed by atoms with Crippen LogP contribution in [0, 0.1) is 6.92 Å². The molecular formula is C11H14ClN3O. The highest BCUT2D eigenvalue weighted by molar-refractivity contribution is 6.30. The van der Waals surface area contributed by atoms with Gasteiger partial charge in [0.15, 0.2) is 0 Å². The van der Waals surface area contributed by atoms with E-state index >= 15 is 0 Å². The Bertz CT molecular complexity index is 393. The second-order valence-corrected chi connectivity index (χ2v) is 3.66. The van der Waals surface area contributed by atoms with Crippen LogP contribution in [0.5, 0.6) is 0 Å². The van der Waals surface area contributed by atoms with Gasteiger partial charge in [-0.1, -0.05) is 17.7 Å². The third-order valence-corrected chi connectivity index (χ3v) is 2.27. The van der Waals surface area contributed by atoms with Crippen molar-refractivity contribution in [3.8, 4) is 0 Å². The fourth-order valence-corrected chi connectivity index (χ4v) is 1.22. The van der Waals surface area contributed by atoms with Crippen LogP contribution < -0.4 is 10.6 Å². The Morgan fingerprint density at radius 1 is 1.69 bits per heavy atom. The minimum atomic E-state index is -0.120. The summed E-state index contributed by atoms with van der Waals surface area (Å²) in [6.07, 6.45) is 3.22. The maximum atomic E-state index is 11.4. The van der Waals surface area contributed by atoms with Crippen molar-refractivity contribution >= 4 is 23.2 Å². The van der Waals surface area contributed by atoms with Gasteiger partial charge < -0.3 is 10.6 Å². The van der Waals surface area contributed by atoms with E-state index in [9.17, 15) is 4.79 Å². The van der Waals surface area contributed by atoms with E-state index < -0.39 is 0 Å². The van der Waals surface area contributed by atoms with Crippen LogP contribution >= 0.6 is 11.6 Å². The Morgan fingerprint density at radius 2 is 2.44 bits per heavy atom. The van der Waals surface area contributed by atoms with Gasteiger partial charge in [0, 0.05) is 6.54 Å². The molecule has 0 aliphatic rings. The van der Waals surface area contributed by atoms with Gasteiger partial charge in [0.05, 0.1) is 18.4 Å². The first-order valence-electron chi connectivity index (χ1n) is 4.87. The number of amides is 1. The van der Waals surface area contributed by atoms with E-state index in [4.69, 9.17) is 11.6 Å². The Labute approximate surface area is 99.7 Å². The first-order chi connectivity index (χ1) is 7.63. The number of hydrogen-bond donors (Lipinski definition) is 2. The summed E-state index contributed by atoms with van der Waals surface area (Å²) in [7, 11) is 0. The zero-order valence-corrected chi connectivity index (χ0v) is 9.84. The average molecular weight is 240 g/mol. The van der Waals surface area contributed by atoms with Gasteiger partial charge in [0.25, 0.3) is 0 Å². The summed E-state index contributed by atoms with van der Waals surface area (Å²) in [5.74, 6) is -0.120. The number of hydrogen-bond acceptors (Lipinski definition) is 3. The van der Waals surface area contributed by atoms with E-state index in [0.717, 1.165) is 5.56 Å². The smallest absolute Gasteiger partial charge is 0.238 e. The van der Waals surface area contributed by atoms with Crippen LogP contribution in [0.4, 0.5) is 5.69 Å². The number of rotatable bonds is 5. The molecule has 0 unspecified atom stereocenters. The molecule has 4 nitrogen and oxygen atoms in total. The highest BCUT2D eigenvalue weighted by atomic mass is 35.5. The van der Waals surface area contributed by atoms with E-state index in [0.29, 0.717) is 17.4 Å². The third-order valence-electron chi connectivity index (χ3n) is 1.87. The molecule has 5 heteroatoms. The molecule has 1 aromatic rings. The van der Waals surface area contributed by atoms with Crippen LogP contribution in [0.2, 0.25) is 5.15 Å².